The van der Waals surface area contributed by atoms with Crippen LogP contribution >= 0.6 is 0 Å². The molecule has 0 unspecified atom stereocenters. The van der Waals surface area contributed by atoms with E-state index in [0.717, 1.165) is 5.56 Å². The topological polar surface area (TPSA) is 84.6 Å². The van der Waals surface area contributed by atoms with Crippen LogP contribution in [0, 0.1) is 10.1 Å². The fraction of sp³-hybridized carbons (Fsp3) is 0. The van der Waals surface area contributed by atoms with Crippen molar-refractivity contribution in [1.82, 2.24) is 5.43 Å². The van der Waals surface area contributed by atoms with E-state index in [9.17, 15) is 14.9 Å². The van der Waals surface area contributed by atoms with Crippen molar-refractivity contribution in [3.63, 3.8) is 0 Å². The predicted octanol–water partition coefficient (Wildman–Crippen LogP) is 3.02. The number of amides is 1. The van der Waals surface area contributed by atoms with Crippen LogP contribution in [-0.2, 0) is 0 Å². The molecule has 2 aromatic rings. The smallest absolute Gasteiger partial charge is 0.267 e. The van der Waals surface area contributed by atoms with Crippen molar-refractivity contribution in [2.45, 2.75) is 0 Å². The molecule has 0 spiro atoms. The Bertz CT molecular complexity index is 724. The summed E-state index contributed by atoms with van der Waals surface area (Å²) < 4.78 is 0. The number of para-hydroxylation sites is 1. The zero-order chi connectivity index (χ0) is 15.8. The molecule has 0 saturated carbocycles. The van der Waals surface area contributed by atoms with Crippen molar-refractivity contribution < 1.29 is 9.72 Å². The number of benzene rings is 2. The number of nitrogens with one attached hydrogen (secondary N) is 1. The summed E-state index contributed by atoms with van der Waals surface area (Å²) in [5.74, 6) is -0.628. The number of hydrazone groups is 1. The largest absolute Gasteiger partial charge is 0.282 e. The number of hydrogen-bond acceptors (Lipinski definition) is 4. The lowest BCUT2D eigenvalue weighted by atomic mass is 10.2. The number of carbonyl (C=O) groups excluding carboxylic acids is 1. The van der Waals surface area contributed by atoms with Crippen LogP contribution < -0.4 is 5.43 Å². The highest BCUT2D eigenvalue weighted by Gasteiger charge is 2.18. The van der Waals surface area contributed by atoms with Gasteiger partial charge in [0.05, 0.1) is 4.92 Å². The number of nitro benzene ring substituents is 1. The van der Waals surface area contributed by atoms with Gasteiger partial charge in [-0.1, -0.05) is 48.5 Å². The highest BCUT2D eigenvalue weighted by molar-refractivity contribution is 5.98. The fourth-order valence-corrected chi connectivity index (χ4v) is 1.74. The molecule has 0 aliphatic rings. The molecule has 0 fully saturated rings. The molecule has 1 amide bonds. The van der Waals surface area contributed by atoms with E-state index in [0.29, 0.717) is 0 Å². The van der Waals surface area contributed by atoms with E-state index >= 15 is 0 Å². The number of nitro groups is 1. The molecule has 110 valence electrons. The van der Waals surface area contributed by atoms with Gasteiger partial charge in [-0.05, 0) is 17.7 Å². The first-order valence-electron chi connectivity index (χ1n) is 6.47. The van der Waals surface area contributed by atoms with Gasteiger partial charge >= 0.3 is 0 Å². The Morgan fingerprint density at radius 3 is 2.50 bits per heavy atom. The Kier molecular flexibility index (Phi) is 5.15. The lowest BCUT2D eigenvalue weighted by Crippen LogP contribution is -2.18. The average Bonchev–Trinajstić information content (AvgIpc) is 2.55. The molecule has 22 heavy (non-hydrogen) atoms. The van der Waals surface area contributed by atoms with Gasteiger partial charge in [-0.25, -0.2) is 5.43 Å². The molecule has 2 rings (SSSR count). The Hall–Kier alpha value is -3.28. The predicted molar refractivity (Wildman–Crippen MR) is 84.5 cm³/mol. The lowest BCUT2D eigenvalue weighted by Gasteiger charge is -2.00. The maximum Gasteiger partial charge on any atom is 0.282 e. The van der Waals surface area contributed by atoms with E-state index in [2.05, 4.69) is 10.5 Å². The van der Waals surface area contributed by atoms with Gasteiger partial charge in [0.1, 0.15) is 5.56 Å². The molecule has 1 N–H and O–H groups in total. The van der Waals surface area contributed by atoms with Crippen molar-refractivity contribution in [1.29, 1.82) is 0 Å². The van der Waals surface area contributed by atoms with Crippen LogP contribution in [0.5, 0.6) is 0 Å². The van der Waals surface area contributed by atoms with E-state index in [1.165, 1.54) is 24.4 Å². The standard InChI is InChI=1S/C16H13N3O3/c20-16(14-10-4-5-11-15(14)19(21)22)18-17-12-6-9-13-7-2-1-3-8-13/h1-12H,(H,18,20)/b9-6+,17-12+. The number of nitrogens with zero attached hydrogens (tertiary/aromatic N) is 2. The molecule has 0 bridgehead atoms. The van der Waals surface area contributed by atoms with Crippen LogP contribution in [0.4, 0.5) is 5.69 Å². The van der Waals surface area contributed by atoms with E-state index in [4.69, 9.17) is 0 Å². The second-order valence-corrected chi connectivity index (χ2v) is 4.26. The number of hydrogen-bond donors (Lipinski definition) is 1. The molecule has 0 atom stereocenters. The number of allylic oxidation sites excluding steroid dienone is 1. The zero-order valence-corrected chi connectivity index (χ0v) is 11.5. The third-order valence-corrected chi connectivity index (χ3v) is 2.76. The van der Waals surface area contributed by atoms with Gasteiger partial charge in [0.15, 0.2) is 0 Å². The van der Waals surface area contributed by atoms with Crippen LogP contribution in [0.1, 0.15) is 15.9 Å². The van der Waals surface area contributed by atoms with E-state index in [-0.39, 0.29) is 11.3 Å². The summed E-state index contributed by atoms with van der Waals surface area (Å²) in [7, 11) is 0. The third kappa shape index (κ3) is 4.11. The maximum absolute atomic E-state index is 11.8. The minimum absolute atomic E-state index is 0.0308. The second-order valence-electron chi connectivity index (χ2n) is 4.26. The van der Waals surface area contributed by atoms with Crippen molar-refractivity contribution in [3.05, 3.63) is 81.9 Å². The summed E-state index contributed by atoms with van der Waals surface area (Å²) in [6.07, 6.45) is 4.88. The molecule has 6 nitrogen and oxygen atoms in total. The van der Waals surface area contributed by atoms with Gasteiger partial charge in [-0.3, -0.25) is 14.9 Å². The molecule has 0 radical (unpaired) electrons. The molecule has 0 saturated heterocycles. The van der Waals surface area contributed by atoms with Gasteiger partial charge in [0.2, 0.25) is 0 Å². The van der Waals surface area contributed by atoms with Gasteiger partial charge in [-0.2, -0.15) is 5.10 Å². The molecule has 0 aliphatic heterocycles. The quantitative estimate of drug-likeness (QED) is 0.522. The molecular weight excluding hydrogens is 282 g/mol. The Morgan fingerprint density at radius 2 is 1.77 bits per heavy atom. The van der Waals surface area contributed by atoms with Crippen LogP contribution in [0.3, 0.4) is 0 Å². The van der Waals surface area contributed by atoms with E-state index in [1.54, 1.807) is 12.1 Å². The van der Waals surface area contributed by atoms with E-state index < -0.39 is 10.8 Å². The van der Waals surface area contributed by atoms with Crippen molar-refractivity contribution in [2.75, 3.05) is 0 Å². The second kappa shape index (κ2) is 7.49. The molecule has 0 aliphatic carbocycles. The summed E-state index contributed by atoms with van der Waals surface area (Å²) in [4.78, 5) is 22.1. The monoisotopic (exact) mass is 295 g/mol. The van der Waals surface area contributed by atoms with Crippen LogP contribution in [0.15, 0.2) is 65.8 Å². The fourth-order valence-electron chi connectivity index (χ4n) is 1.74. The van der Waals surface area contributed by atoms with Crippen molar-refractivity contribution >= 4 is 23.9 Å². The summed E-state index contributed by atoms with van der Waals surface area (Å²) in [6.45, 7) is 0. The summed E-state index contributed by atoms with van der Waals surface area (Å²) in [5.41, 5.74) is 2.97. The summed E-state index contributed by atoms with van der Waals surface area (Å²) >= 11 is 0. The minimum Gasteiger partial charge on any atom is -0.267 e. The van der Waals surface area contributed by atoms with Crippen molar-refractivity contribution in [3.8, 4) is 0 Å². The molecule has 2 aromatic carbocycles. The Morgan fingerprint density at radius 1 is 1.09 bits per heavy atom. The highest BCUT2D eigenvalue weighted by Crippen LogP contribution is 2.17. The Labute approximate surface area is 126 Å². The minimum atomic E-state index is -0.628. The molecule has 6 heteroatoms. The maximum atomic E-state index is 11.8. The normalized spacial score (nSPS) is 10.9. The van der Waals surface area contributed by atoms with Crippen molar-refractivity contribution in [2.24, 2.45) is 5.10 Å². The highest BCUT2D eigenvalue weighted by atomic mass is 16.6. The van der Waals surface area contributed by atoms with Crippen LogP contribution in [-0.4, -0.2) is 17.0 Å². The summed E-state index contributed by atoms with van der Waals surface area (Å²) in [6, 6.07) is 15.3. The molecule has 0 heterocycles. The van der Waals surface area contributed by atoms with Gasteiger partial charge in [0.25, 0.3) is 11.6 Å². The molecule has 0 aromatic heterocycles. The SMILES string of the molecule is O=C(N/N=C/C=C/c1ccccc1)c1ccccc1[N+](=O)[O-]. The molecular formula is C16H13N3O3. The van der Waals surface area contributed by atoms with Gasteiger partial charge in [-0.15, -0.1) is 0 Å². The van der Waals surface area contributed by atoms with Crippen LogP contribution in [0.2, 0.25) is 0 Å². The summed E-state index contributed by atoms with van der Waals surface area (Å²) in [5, 5.41) is 14.6. The number of carbonyl (C=O) groups is 1. The first kappa shape index (κ1) is 15.1. The zero-order valence-electron chi connectivity index (χ0n) is 11.5. The Balaban J connectivity index is 1.97. The van der Waals surface area contributed by atoms with E-state index in [1.807, 2.05) is 36.4 Å². The number of rotatable bonds is 5. The lowest BCUT2D eigenvalue weighted by molar-refractivity contribution is -0.385. The first-order chi connectivity index (χ1) is 10.7. The van der Waals surface area contributed by atoms with Gasteiger partial charge in [0, 0.05) is 12.3 Å². The average molecular weight is 295 g/mol. The van der Waals surface area contributed by atoms with Crippen LogP contribution in [0.25, 0.3) is 6.08 Å². The first-order valence-corrected chi connectivity index (χ1v) is 6.47. The van der Waals surface area contributed by atoms with Gasteiger partial charge < -0.3 is 0 Å². The third-order valence-electron chi connectivity index (χ3n) is 2.76.